The zero-order valence-corrected chi connectivity index (χ0v) is 18.2. The molecule has 0 spiro atoms. The van der Waals surface area contributed by atoms with Crippen molar-refractivity contribution in [3.05, 3.63) is 51.6 Å². The van der Waals surface area contributed by atoms with Crippen LogP contribution in [0.3, 0.4) is 0 Å². The molecule has 168 valence electrons. The van der Waals surface area contributed by atoms with Gasteiger partial charge in [-0.3, -0.25) is 4.79 Å². The molecule has 1 fully saturated rings. The van der Waals surface area contributed by atoms with E-state index < -0.39 is 11.8 Å². The van der Waals surface area contributed by atoms with Crippen LogP contribution in [0.5, 0.6) is 5.75 Å². The van der Waals surface area contributed by atoms with Gasteiger partial charge in [0.25, 0.3) is 5.91 Å². The fourth-order valence-corrected chi connectivity index (χ4v) is 4.15. The first-order chi connectivity index (χ1) is 15.4. The lowest BCUT2D eigenvalue weighted by Crippen LogP contribution is -2.48. The van der Waals surface area contributed by atoms with Crippen LogP contribution in [0.2, 0.25) is 5.02 Å². The number of aromatic carboxylic acids is 1. The molecule has 0 bridgehead atoms. The number of benzene rings is 1. The van der Waals surface area contributed by atoms with Gasteiger partial charge in [0.05, 0.1) is 30.5 Å². The molecule has 1 saturated heterocycles. The first-order valence-electron chi connectivity index (χ1n) is 9.58. The van der Waals surface area contributed by atoms with Crippen LogP contribution in [0.15, 0.2) is 35.8 Å². The van der Waals surface area contributed by atoms with Gasteiger partial charge in [-0.15, -0.1) is 16.4 Å². The quantitative estimate of drug-likeness (QED) is 0.554. The van der Waals surface area contributed by atoms with E-state index in [1.807, 2.05) is 0 Å². The van der Waals surface area contributed by atoms with Gasteiger partial charge in [0.15, 0.2) is 6.61 Å². The molecule has 1 N–H and O–H groups in total. The molecular formula is C20H18ClFN4O5S. The van der Waals surface area contributed by atoms with Crippen molar-refractivity contribution in [3.8, 4) is 17.0 Å². The molecule has 1 amide bonds. The molecule has 0 radical (unpaired) electrons. The second-order valence-corrected chi connectivity index (χ2v) is 8.35. The Labute approximate surface area is 190 Å². The van der Waals surface area contributed by atoms with E-state index in [4.69, 9.17) is 26.2 Å². The molecule has 1 atom stereocenters. The first-order valence-corrected chi connectivity index (χ1v) is 10.8. The third-order valence-electron chi connectivity index (χ3n) is 4.77. The first kappa shape index (κ1) is 22.2. The summed E-state index contributed by atoms with van der Waals surface area (Å²) in [7, 11) is 0. The summed E-state index contributed by atoms with van der Waals surface area (Å²) in [6.07, 6.45) is 1.41. The van der Waals surface area contributed by atoms with Gasteiger partial charge in [0.2, 0.25) is 0 Å². The van der Waals surface area contributed by atoms with Crippen molar-refractivity contribution in [2.24, 2.45) is 0 Å². The number of halogens is 2. The van der Waals surface area contributed by atoms with Gasteiger partial charge in [0.1, 0.15) is 22.1 Å². The van der Waals surface area contributed by atoms with Gasteiger partial charge < -0.3 is 19.5 Å². The van der Waals surface area contributed by atoms with E-state index in [0.717, 1.165) is 17.4 Å². The molecule has 1 aliphatic heterocycles. The summed E-state index contributed by atoms with van der Waals surface area (Å²) in [5.74, 6) is -1.47. The number of carboxylic acids is 1. The van der Waals surface area contributed by atoms with Gasteiger partial charge in [-0.25, -0.2) is 13.9 Å². The highest BCUT2D eigenvalue weighted by atomic mass is 35.5. The number of rotatable bonds is 7. The average molecular weight is 481 g/mol. The molecule has 4 rings (SSSR count). The van der Waals surface area contributed by atoms with Crippen molar-refractivity contribution >= 4 is 34.8 Å². The Morgan fingerprint density at radius 2 is 2.22 bits per heavy atom. The summed E-state index contributed by atoms with van der Waals surface area (Å²) in [6.45, 7) is 1.27. The van der Waals surface area contributed by atoms with Crippen molar-refractivity contribution < 1.29 is 28.6 Å². The number of thiophene rings is 1. The minimum Gasteiger partial charge on any atom is -0.482 e. The highest BCUT2D eigenvalue weighted by Crippen LogP contribution is 2.25. The van der Waals surface area contributed by atoms with Crippen molar-refractivity contribution in [1.29, 1.82) is 0 Å². The maximum absolute atomic E-state index is 13.1. The van der Waals surface area contributed by atoms with E-state index in [1.54, 1.807) is 27.2 Å². The van der Waals surface area contributed by atoms with Crippen LogP contribution in [0.1, 0.15) is 9.67 Å². The largest absolute Gasteiger partial charge is 0.482 e. The second-order valence-electron chi connectivity index (χ2n) is 7.03. The van der Waals surface area contributed by atoms with Crippen LogP contribution in [0, 0.1) is 5.82 Å². The zero-order chi connectivity index (χ0) is 22.7. The molecule has 12 heteroatoms. The Kier molecular flexibility index (Phi) is 6.68. The molecule has 3 aromatic rings. The van der Waals surface area contributed by atoms with Gasteiger partial charge in [-0.2, -0.15) is 0 Å². The number of hydrogen-bond donors (Lipinski definition) is 1. The lowest BCUT2D eigenvalue weighted by molar-refractivity contribution is -0.141. The number of aromatic nitrogens is 3. The Morgan fingerprint density at radius 1 is 1.38 bits per heavy atom. The fraction of sp³-hybridized carbons (Fsp3) is 0.300. The standard InChI is InChI=1S/C20H18ClFN4O5S/c21-15-6-13(22)1-2-17(15)31-10-19(27)25-3-4-30-14(7-25)8-26-9-16(23-24-26)12-5-18(20(28)29)32-11-12/h1-2,5-6,9,11,14H,3-4,7-8,10H2,(H,28,29). The summed E-state index contributed by atoms with van der Waals surface area (Å²) in [6, 6.07) is 5.26. The predicted molar refractivity (Wildman–Crippen MR) is 114 cm³/mol. The molecule has 1 aromatic carbocycles. The van der Waals surface area contributed by atoms with Gasteiger partial charge >= 0.3 is 5.97 Å². The smallest absolute Gasteiger partial charge is 0.345 e. The average Bonchev–Trinajstić information content (AvgIpc) is 3.43. The summed E-state index contributed by atoms with van der Waals surface area (Å²) in [4.78, 5) is 25.4. The number of carbonyl (C=O) groups is 2. The lowest BCUT2D eigenvalue weighted by atomic mass is 10.2. The van der Waals surface area contributed by atoms with Crippen molar-refractivity contribution in [3.63, 3.8) is 0 Å². The molecular weight excluding hydrogens is 463 g/mol. The number of carboxylic acid groups (broad SMARTS) is 1. The molecule has 1 aliphatic rings. The van der Waals surface area contributed by atoms with Crippen molar-refractivity contribution in [2.45, 2.75) is 12.6 Å². The maximum atomic E-state index is 13.1. The zero-order valence-electron chi connectivity index (χ0n) is 16.6. The van der Waals surface area contributed by atoms with Crippen LogP contribution >= 0.6 is 22.9 Å². The van der Waals surface area contributed by atoms with E-state index in [1.165, 1.54) is 12.1 Å². The second kappa shape index (κ2) is 9.63. The fourth-order valence-electron chi connectivity index (χ4n) is 3.19. The van der Waals surface area contributed by atoms with Crippen LogP contribution < -0.4 is 4.74 Å². The molecule has 2 aromatic heterocycles. The number of nitrogens with zero attached hydrogens (tertiary/aromatic N) is 4. The Hall–Kier alpha value is -3.02. The van der Waals surface area contributed by atoms with Gasteiger partial charge in [-0.1, -0.05) is 16.8 Å². The minimum absolute atomic E-state index is 0.0979. The van der Waals surface area contributed by atoms with Crippen LogP contribution in [0.25, 0.3) is 11.3 Å². The highest BCUT2D eigenvalue weighted by Gasteiger charge is 2.25. The predicted octanol–water partition coefficient (Wildman–Crippen LogP) is 2.80. The van der Waals surface area contributed by atoms with Gasteiger partial charge in [0, 0.05) is 24.0 Å². The maximum Gasteiger partial charge on any atom is 0.345 e. The molecule has 9 nitrogen and oxygen atoms in total. The van der Waals surface area contributed by atoms with E-state index >= 15 is 0 Å². The van der Waals surface area contributed by atoms with E-state index in [0.29, 0.717) is 37.5 Å². The molecule has 1 unspecified atom stereocenters. The van der Waals surface area contributed by atoms with Gasteiger partial charge in [-0.05, 0) is 24.3 Å². The lowest BCUT2D eigenvalue weighted by Gasteiger charge is -2.32. The highest BCUT2D eigenvalue weighted by molar-refractivity contribution is 7.12. The number of ether oxygens (including phenoxy) is 2. The van der Waals surface area contributed by atoms with E-state index in [2.05, 4.69) is 10.3 Å². The van der Waals surface area contributed by atoms with Crippen molar-refractivity contribution in [2.75, 3.05) is 26.3 Å². The van der Waals surface area contributed by atoms with Crippen LogP contribution in [-0.2, 0) is 16.1 Å². The molecule has 3 heterocycles. The van der Waals surface area contributed by atoms with Crippen LogP contribution in [-0.4, -0.2) is 69.3 Å². The summed E-state index contributed by atoms with van der Waals surface area (Å²) < 4.78 is 25.9. The Bertz CT molecular complexity index is 1140. The summed E-state index contributed by atoms with van der Waals surface area (Å²) in [5, 5.41) is 19.0. The van der Waals surface area contributed by atoms with E-state index in [-0.39, 0.29) is 34.3 Å². The van der Waals surface area contributed by atoms with Crippen molar-refractivity contribution in [1.82, 2.24) is 19.9 Å². The van der Waals surface area contributed by atoms with E-state index in [9.17, 15) is 14.0 Å². The summed E-state index contributed by atoms with van der Waals surface area (Å²) in [5.41, 5.74) is 1.23. The molecule has 32 heavy (non-hydrogen) atoms. The number of morpholine rings is 1. The number of hydrogen-bond acceptors (Lipinski definition) is 7. The number of amides is 1. The molecule has 0 saturated carbocycles. The third-order valence-corrected chi connectivity index (χ3v) is 5.99. The summed E-state index contributed by atoms with van der Waals surface area (Å²) >= 11 is 7.04. The SMILES string of the molecule is O=C(O)c1cc(-c2cn(CC3CN(C(=O)COc4ccc(F)cc4Cl)CCO3)nn2)cs1. The minimum atomic E-state index is -0.986. The molecule has 0 aliphatic carbocycles. The normalized spacial score (nSPS) is 16.2. The monoisotopic (exact) mass is 480 g/mol. The third kappa shape index (κ3) is 5.23. The number of carbonyl (C=O) groups excluding carboxylic acids is 1. The Morgan fingerprint density at radius 3 is 2.97 bits per heavy atom. The van der Waals surface area contributed by atoms with Crippen LogP contribution in [0.4, 0.5) is 4.39 Å². The topological polar surface area (TPSA) is 107 Å². The Balaban J connectivity index is 1.32.